The van der Waals surface area contributed by atoms with Crippen LogP contribution in [0.4, 0.5) is 0 Å². The van der Waals surface area contributed by atoms with Crippen LogP contribution >= 0.6 is 0 Å². The summed E-state index contributed by atoms with van der Waals surface area (Å²) < 4.78 is 8.65. The van der Waals surface area contributed by atoms with Gasteiger partial charge in [0.1, 0.15) is 18.4 Å². The highest BCUT2D eigenvalue weighted by Crippen LogP contribution is 2.40. The number of aryl methyl sites for hydroxylation is 2. The number of benzene rings is 3. The molecule has 0 radical (unpaired) electrons. The van der Waals surface area contributed by atoms with E-state index in [1.54, 1.807) is 0 Å². The van der Waals surface area contributed by atoms with E-state index >= 15 is 0 Å². The topological polar surface area (TPSA) is 12.2 Å². The van der Waals surface area contributed by atoms with Crippen LogP contribution in [-0.2, 0) is 0 Å². The summed E-state index contributed by atoms with van der Waals surface area (Å²) >= 11 is 0. The molecule has 0 N–H and O–H groups in total. The van der Waals surface area contributed by atoms with Crippen LogP contribution in [0.2, 0.25) is 0 Å². The van der Waals surface area contributed by atoms with Gasteiger partial charge in [-0.05, 0) is 79.7 Å². The van der Waals surface area contributed by atoms with Crippen LogP contribution in [0.15, 0.2) is 59.8 Å². The van der Waals surface area contributed by atoms with Gasteiger partial charge in [-0.3, -0.25) is 0 Å². The standard InChI is InChI=1S/C35H44NO/c1-22-16-18-31-28(21-22)13-11-15-32(31)37-20-12-14-30(25(4)35(7,8)9)29-19-17-23(2)33(24(29)3)34-26(5)36(10)27(34)6/h11,13,15-19,21H,12,14,20H2,1-10H3/q+1/b30-25+. The smallest absolute Gasteiger partial charge is 0.192 e. The number of fused-ring (bicyclic) bond motifs is 1. The Labute approximate surface area is 224 Å². The van der Waals surface area contributed by atoms with E-state index in [9.17, 15) is 0 Å². The largest absolute Gasteiger partial charge is 0.493 e. The maximum Gasteiger partial charge on any atom is 0.192 e. The first kappa shape index (κ1) is 26.9. The van der Waals surface area contributed by atoms with Crippen LogP contribution in [0.25, 0.3) is 21.9 Å². The van der Waals surface area contributed by atoms with Crippen molar-refractivity contribution in [2.24, 2.45) is 5.41 Å². The van der Waals surface area contributed by atoms with E-state index in [1.807, 2.05) is 0 Å². The molecule has 0 aliphatic carbocycles. The van der Waals surface area contributed by atoms with Crippen LogP contribution in [0.5, 0.6) is 5.75 Å². The van der Waals surface area contributed by atoms with Gasteiger partial charge in [0.15, 0.2) is 11.4 Å². The summed E-state index contributed by atoms with van der Waals surface area (Å²) in [5.41, 5.74) is 14.0. The van der Waals surface area contributed by atoms with Gasteiger partial charge in [-0.25, -0.2) is 4.58 Å². The zero-order chi connectivity index (χ0) is 27.1. The molecule has 0 saturated heterocycles. The quantitative estimate of drug-likeness (QED) is 0.235. The summed E-state index contributed by atoms with van der Waals surface area (Å²) in [6, 6.07) is 17.6. The third kappa shape index (κ3) is 5.17. The Morgan fingerprint density at radius 1 is 0.919 bits per heavy atom. The lowest BCUT2D eigenvalue weighted by molar-refractivity contribution is -0.451. The predicted molar refractivity (Wildman–Crippen MR) is 161 cm³/mol. The Hall–Kier alpha value is -3.13. The van der Waals surface area contributed by atoms with Gasteiger partial charge in [-0.15, -0.1) is 0 Å². The van der Waals surface area contributed by atoms with Crippen molar-refractivity contribution in [1.82, 2.24) is 0 Å². The Bertz CT molecular complexity index is 1460. The number of allylic oxidation sites excluding steroid dienone is 4. The van der Waals surface area contributed by atoms with Crippen molar-refractivity contribution in [3.8, 4) is 5.75 Å². The molecule has 0 saturated carbocycles. The highest BCUT2D eigenvalue weighted by molar-refractivity contribution is 6.24. The fourth-order valence-corrected chi connectivity index (χ4v) is 5.62. The molecule has 37 heavy (non-hydrogen) atoms. The molecule has 1 aliphatic rings. The lowest BCUT2D eigenvalue weighted by Gasteiger charge is -2.27. The van der Waals surface area contributed by atoms with Crippen LogP contribution in [0.3, 0.4) is 0 Å². The van der Waals surface area contributed by atoms with E-state index in [2.05, 4.69) is 122 Å². The number of ether oxygens (including phenoxy) is 1. The van der Waals surface area contributed by atoms with Crippen molar-refractivity contribution < 1.29 is 9.31 Å². The fourth-order valence-electron chi connectivity index (χ4n) is 5.62. The van der Waals surface area contributed by atoms with Gasteiger partial charge in [0.05, 0.1) is 6.61 Å². The van der Waals surface area contributed by atoms with Crippen molar-refractivity contribution in [1.29, 1.82) is 0 Å². The lowest BCUT2D eigenvalue weighted by atomic mass is 9.78. The molecule has 2 nitrogen and oxygen atoms in total. The van der Waals surface area contributed by atoms with Gasteiger partial charge >= 0.3 is 0 Å². The van der Waals surface area contributed by atoms with E-state index in [0.29, 0.717) is 6.61 Å². The van der Waals surface area contributed by atoms with Crippen molar-refractivity contribution in [2.45, 2.75) is 75.2 Å². The third-order valence-corrected chi connectivity index (χ3v) is 8.38. The fraction of sp³-hybridized carbons (Fsp3) is 0.400. The Kier molecular flexibility index (Phi) is 7.51. The second-order valence-corrected chi connectivity index (χ2v) is 11.8. The first-order valence-electron chi connectivity index (χ1n) is 13.6. The average Bonchev–Trinajstić information content (AvgIpc) is 2.85. The van der Waals surface area contributed by atoms with E-state index in [4.69, 9.17) is 4.74 Å². The second-order valence-electron chi connectivity index (χ2n) is 11.8. The average molecular weight is 495 g/mol. The van der Waals surface area contributed by atoms with Crippen LogP contribution in [0.1, 0.15) is 82.2 Å². The highest BCUT2D eigenvalue weighted by Gasteiger charge is 2.33. The van der Waals surface area contributed by atoms with Crippen molar-refractivity contribution in [3.63, 3.8) is 0 Å². The van der Waals surface area contributed by atoms with Gasteiger partial charge in [-0.2, -0.15) is 0 Å². The summed E-state index contributed by atoms with van der Waals surface area (Å²) in [4.78, 5) is 0. The van der Waals surface area contributed by atoms with Gasteiger partial charge in [-0.1, -0.05) is 74.4 Å². The van der Waals surface area contributed by atoms with Gasteiger partial charge in [0.2, 0.25) is 0 Å². The van der Waals surface area contributed by atoms with E-state index < -0.39 is 0 Å². The molecular formula is C35H44NO+. The molecule has 3 aromatic rings. The highest BCUT2D eigenvalue weighted by atomic mass is 16.5. The molecule has 0 spiro atoms. The molecule has 0 unspecified atom stereocenters. The second kappa shape index (κ2) is 10.3. The minimum Gasteiger partial charge on any atom is -0.493 e. The molecule has 0 atom stereocenters. The van der Waals surface area contributed by atoms with Gasteiger partial charge in [0, 0.05) is 24.8 Å². The number of hydrogen-bond donors (Lipinski definition) is 0. The monoisotopic (exact) mass is 494 g/mol. The minimum atomic E-state index is 0.106. The SMILES string of the molecule is CC1=C(c2c(C)ccc(/C(CCCOc3cccc4cc(C)ccc34)=C(\C)C(C)(C)C)c2C)C(C)=[N+]1C. The zero-order valence-electron chi connectivity index (χ0n) is 24.6. The summed E-state index contributed by atoms with van der Waals surface area (Å²) in [7, 11) is 2.16. The number of hydrogen-bond acceptors (Lipinski definition) is 1. The Balaban J connectivity index is 1.62. The van der Waals surface area contributed by atoms with E-state index in [-0.39, 0.29) is 5.41 Å². The summed E-state index contributed by atoms with van der Waals surface area (Å²) in [5, 5.41) is 2.43. The molecular weight excluding hydrogens is 450 g/mol. The molecule has 0 amide bonds. The first-order chi connectivity index (χ1) is 17.4. The van der Waals surface area contributed by atoms with Crippen LogP contribution in [-0.4, -0.2) is 23.9 Å². The molecule has 0 bridgehead atoms. The maximum absolute atomic E-state index is 6.35. The Morgan fingerprint density at radius 3 is 2.32 bits per heavy atom. The van der Waals surface area contributed by atoms with Crippen LogP contribution in [0, 0.1) is 26.2 Å². The van der Waals surface area contributed by atoms with Crippen molar-refractivity contribution in [3.05, 3.63) is 87.6 Å². The molecule has 4 rings (SSSR count). The van der Waals surface area contributed by atoms with Crippen molar-refractivity contribution >= 4 is 27.6 Å². The predicted octanol–water partition coefficient (Wildman–Crippen LogP) is 9.29. The summed E-state index contributed by atoms with van der Waals surface area (Å²) in [5.74, 6) is 0.979. The minimum absolute atomic E-state index is 0.106. The van der Waals surface area contributed by atoms with Crippen molar-refractivity contribution in [2.75, 3.05) is 13.7 Å². The molecule has 3 aromatic carbocycles. The molecule has 2 heteroatoms. The van der Waals surface area contributed by atoms with Gasteiger partial charge in [0.25, 0.3) is 0 Å². The molecule has 0 fully saturated rings. The normalized spacial score (nSPS) is 14.8. The third-order valence-electron chi connectivity index (χ3n) is 8.38. The maximum atomic E-state index is 6.35. The van der Waals surface area contributed by atoms with Crippen LogP contribution < -0.4 is 4.74 Å². The first-order valence-corrected chi connectivity index (χ1v) is 13.6. The number of nitrogens with zero attached hydrogens (tertiary/aromatic N) is 1. The Morgan fingerprint density at radius 2 is 1.65 bits per heavy atom. The molecule has 1 aliphatic heterocycles. The van der Waals surface area contributed by atoms with E-state index in [0.717, 1.165) is 18.6 Å². The van der Waals surface area contributed by atoms with E-state index in [1.165, 1.54) is 66.7 Å². The molecule has 0 aromatic heterocycles. The summed E-state index contributed by atoms with van der Waals surface area (Å²) in [6.07, 6.45) is 1.97. The molecule has 1 heterocycles. The number of rotatable bonds is 7. The van der Waals surface area contributed by atoms with Gasteiger partial charge < -0.3 is 4.74 Å². The lowest BCUT2D eigenvalue weighted by Crippen LogP contribution is -2.27. The molecule has 194 valence electrons. The summed E-state index contributed by atoms with van der Waals surface area (Å²) in [6.45, 7) is 21.2. The zero-order valence-corrected chi connectivity index (χ0v) is 24.6.